The van der Waals surface area contributed by atoms with Gasteiger partial charge in [0.15, 0.2) is 5.78 Å². The summed E-state index contributed by atoms with van der Waals surface area (Å²) in [6, 6.07) is 0. The third-order valence-electron chi connectivity index (χ3n) is 1.89. The second kappa shape index (κ2) is 4.21. The molecular formula is C10H14O2. The molecule has 2 nitrogen and oxygen atoms in total. The standard InChI is InChI=1S/C10H14O2/c1-2-3-4-5-8-6-9(11)7-10(8)12/h3-4,6,9,11H,2,5,7H2,1H3/b4-3-/t9-/m1/s1. The van der Waals surface area contributed by atoms with E-state index >= 15 is 0 Å². The third-order valence-corrected chi connectivity index (χ3v) is 1.89. The van der Waals surface area contributed by atoms with Gasteiger partial charge in [-0.1, -0.05) is 19.1 Å². The van der Waals surface area contributed by atoms with Gasteiger partial charge in [0.2, 0.25) is 0 Å². The highest BCUT2D eigenvalue weighted by molar-refractivity contribution is 5.98. The molecule has 66 valence electrons. The molecule has 1 N–H and O–H groups in total. The van der Waals surface area contributed by atoms with Crippen LogP contribution in [0.25, 0.3) is 0 Å². The van der Waals surface area contributed by atoms with E-state index in [-0.39, 0.29) is 12.2 Å². The quantitative estimate of drug-likeness (QED) is 0.646. The van der Waals surface area contributed by atoms with Gasteiger partial charge >= 0.3 is 0 Å². The van der Waals surface area contributed by atoms with Gasteiger partial charge in [-0.05, 0) is 24.5 Å². The van der Waals surface area contributed by atoms with Gasteiger partial charge in [0.25, 0.3) is 0 Å². The Morgan fingerprint density at radius 1 is 1.67 bits per heavy atom. The molecule has 1 rings (SSSR count). The zero-order valence-corrected chi connectivity index (χ0v) is 7.29. The smallest absolute Gasteiger partial charge is 0.161 e. The Kier molecular flexibility index (Phi) is 3.23. The lowest BCUT2D eigenvalue weighted by molar-refractivity contribution is -0.115. The maximum atomic E-state index is 11.1. The molecule has 2 heteroatoms. The van der Waals surface area contributed by atoms with Crippen LogP contribution in [0.4, 0.5) is 0 Å². The van der Waals surface area contributed by atoms with E-state index in [1.165, 1.54) is 0 Å². The number of carbonyl (C=O) groups is 1. The van der Waals surface area contributed by atoms with Crippen molar-refractivity contribution in [3.8, 4) is 0 Å². The van der Waals surface area contributed by atoms with E-state index in [9.17, 15) is 4.79 Å². The van der Waals surface area contributed by atoms with Crippen LogP contribution in [0.5, 0.6) is 0 Å². The first kappa shape index (κ1) is 9.20. The molecule has 0 aromatic rings. The molecule has 0 unspecified atom stereocenters. The van der Waals surface area contributed by atoms with Crippen molar-refractivity contribution in [2.24, 2.45) is 0 Å². The molecule has 0 bridgehead atoms. The predicted molar refractivity (Wildman–Crippen MR) is 47.8 cm³/mol. The van der Waals surface area contributed by atoms with Crippen LogP contribution in [-0.2, 0) is 4.79 Å². The second-order valence-corrected chi connectivity index (χ2v) is 2.97. The van der Waals surface area contributed by atoms with Gasteiger partial charge in [-0.25, -0.2) is 0 Å². The summed E-state index contributed by atoms with van der Waals surface area (Å²) < 4.78 is 0. The zero-order chi connectivity index (χ0) is 8.97. The molecule has 0 heterocycles. The van der Waals surface area contributed by atoms with Crippen LogP contribution in [-0.4, -0.2) is 17.0 Å². The molecule has 0 aromatic carbocycles. The fraction of sp³-hybridized carbons (Fsp3) is 0.500. The summed E-state index contributed by atoms with van der Waals surface area (Å²) >= 11 is 0. The van der Waals surface area contributed by atoms with Gasteiger partial charge in [-0.2, -0.15) is 0 Å². The predicted octanol–water partition coefficient (Wildman–Crippen LogP) is 1.60. The van der Waals surface area contributed by atoms with Crippen molar-refractivity contribution in [1.82, 2.24) is 0 Å². The van der Waals surface area contributed by atoms with E-state index in [1.54, 1.807) is 6.08 Å². The van der Waals surface area contributed by atoms with Crippen molar-refractivity contribution < 1.29 is 9.90 Å². The Morgan fingerprint density at radius 3 is 2.92 bits per heavy atom. The van der Waals surface area contributed by atoms with Gasteiger partial charge in [0.1, 0.15) is 0 Å². The molecule has 0 saturated carbocycles. The average molecular weight is 166 g/mol. The number of Topliss-reactive ketones (excluding diaryl/α,β-unsaturated/α-hetero) is 1. The lowest BCUT2D eigenvalue weighted by Gasteiger charge is -1.92. The number of hydrogen-bond donors (Lipinski definition) is 1. The van der Waals surface area contributed by atoms with Gasteiger partial charge in [-0.3, -0.25) is 4.79 Å². The molecule has 0 aromatic heterocycles. The minimum absolute atomic E-state index is 0.0863. The van der Waals surface area contributed by atoms with Crippen LogP contribution < -0.4 is 0 Å². The lowest BCUT2D eigenvalue weighted by Crippen LogP contribution is -2.00. The molecule has 0 aliphatic heterocycles. The zero-order valence-electron chi connectivity index (χ0n) is 7.29. The van der Waals surface area contributed by atoms with Crippen molar-refractivity contribution in [1.29, 1.82) is 0 Å². The van der Waals surface area contributed by atoms with E-state index in [0.717, 1.165) is 12.0 Å². The molecule has 0 spiro atoms. The fourth-order valence-corrected chi connectivity index (χ4v) is 1.26. The topological polar surface area (TPSA) is 37.3 Å². The highest BCUT2D eigenvalue weighted by atomic mass is 16.3. The van der Waals surface area contributed by atoms with Crippen molar-refractivity contribution in [2.45, 2.75) is 32.3 Å². The molecule has 1 atom stereocenters. The molecule has 12 heavy (non-hydrogen) atoms. The minimum Gasteiger partial charge on any atom is -0.389 e. The van der Waals surface area contributed by atoms with Crippen LogP contribution in [0, 0.1) is 0 Å². The van der Waals surface area contributed by atoms with Gasteiger partial charge in [-0.15, -0.1) is 0 Å². The first-order valence-corrected chi connectivity index (χ1v) is 4.31. The van der Waals surface area contributed by atoms with E-state index < -0.39 is 6.10 Å². The maximum absolute atomic E-state index is 11.1. The van der Waals surface area contributed by atoms with E-state index in [2.05, 4.69) is 6.92 Å². The molecule has 0 saturated heterocycles. The summed E-state index contributed by atoms with van der Waals surface area (Å²) in [5, 5.41) is 9.11. The number of allylic oxidation sites excluding steroid dienone is 3. The summed E-state index contributed by atoms with van der Waals surface area (Å²) in [4.78, 5) is 11.1. The Morgan fingerprint density at radius 2 is 2.42 bits per heavy atom. The fourth-order valence-electron chi connectivity index (χ4n) is 1.26. The average Bonchev–Trinajstić information content (AvgIpc) is 2.31. The molecule has 1 aliphatic rings. The maximum Gasteiger partial charge on any atom is 0.161 e. The molecule has 0 radical (unpaired) electrons. The summed E-state index contributed by atoms with van der Waals surface area (Å²) in [7, 11) is 0. The number of aliphatic hydroxyl groups is 1. The van der Waals surface area contributed by atoms with E-state index in [1.807, 2.05) is 12.2 Å². The van der Waals surface area contributed by atoms with Gasteiger partial charge in [0.05, 0.1) is 6.10 Å². The Bertz CT molecular complexity index is 226. The normalized spacial score (nSPS) is 23.7. The third kappa shape index (κ3) is 2.31. The number of rotatable bonds is 3. The molecule has 1 aliphatic carbocycles. The molecular weight excluding hydrogens is 152 g/mol. The van der Waals surface area contributed by atoms with Crippen LogP contribution in [0.3, 0.4) is 0 Å². The van der Waals surface area contributed by atoms with Crippen LogP contribution >= 0.6 is 0 Å². The number of hydrogen-bond acceptors (Lipinski definition) is 2. The van der Waals surface area contributed by atoms with E-state index in [4.69, 9.17) is 5.11 Å². The molecule has 0 amide bonds. The summed E-state index contributed by atoms with van der Waals surface area (Å²) in [5.74, 6) is 0.0863. The van der Waals surface area contributed by atoms with Crippen LogP contribution in [0.1, 0.15) is 26.2 Å². The Labute approximate surface area is 72.6 Å². The first-order valence-electron chi connectivity index (χ1n) is 4.31. The molecule has 0 fully saturated rings. The van der Waals surface area contributed by atoms with Crippen molar-refractivity contribution in [3.05, 3.63) is 23.8 Å². The van der Waals surface area contributed by atoms with Crippen LogP contribution in [0.2, 0.25) is 0 Å². The van der Waals surface area contributed by atoms with Crippen molar-refractivity contribution in [3.63, 3.8) is 0 Å². The highest BCUT2D eigenvalue weighted by Gasteiger charge is 2.20. The van der Waals surface area contributed by atoms with E-state index in [0.29, 0.717) is 6.42 Å². The number of ketones is 1. The summed E-state index contributed by atoms with van der Waals surface area (Å²) in [6.07, 6.45) is 7.05. The first-order chi connectivity index (χ1) is 5.74. The second-order valence-electron chi connectivity index (χ2n) is 2.97. The summed E-state index contributed by atoms with van der Waals surface area (Å²) in [6.45, 7) is 2.05. The summed E-state index contributed by atoms with van der Waals surface area (Å²) in [5.41, 5.74) is 0.757. The Hall–Kier alpha value is -0.890. The minimum atomic E-state index is -0.539. The highest BCUT2D eigenvalue weighted by Crippen LogP contribution is 2.17. The van der Waals surface area contributed by atoms with Gasteiger partial charge in [0, 0.05) is 6.42 Å². The monoisotopic (exact) mass is 166 g/mol. The largest absolute Gasteiger partial charge is 0.389 e. The van der Waals surface area contributed by atoms with Gasteiger partial charge < -0.3 is 5.11 Å². The SMILES string of the molecule is CC/C=C\CC1=C[C@@H](O)CC1=O. The van der Waals surface area contributed by atoms with Crippen molar-refractivity contribution in [2.75, 3.05) is 0 Å². The van der Waals surface area contributed by atoms with Crippen LogP contribution in [0.15, 0.2) is 23.8 Å². The number of carbonyl (C=O) groups excluding carboxylic acids is 1. The number of aliphatic hydroxyl groups excluding tert-OH is 1. The van der Waals surface area contributed by atoms with Crippen molar-refractivity contribution >= 4 is 5.78 Å². The Balaban J connectivity index is 2.47. The lowest BCUT2D eigenvalue weighted by atomic mass is 10.1.